The zero-order chi connectivity index (χ0) is 24.0. The zero-order valence-corrected chi connectivity index (χ0v) is 19.9. The smallest absolute Gasteiger partial charge is 0.249 e. The topological polar surface area (TPSA) is 49.2 Å². The summed E-state index contributed by atoms with van der Waals surface area (Å²) in [6.45, 7) is 1.58. The quantitative estimate of drug-likeness (QED) is 0.298. The van der Waals surface area contributed by atoms with Gasteiger partial charge in [0.1, 0.15) is 11.3 Å². The van der Waals surface area contributed by atoms with Crippen LogP contribution in [0.3, 0.4) is 0 Å². The van der Waals surface area contributed by atoms with E-state index in [0.717, 1.165) is 40.6 Å². The third kappa shape index (κ3) is 4.53. The lowest BCUT2D eigenvalue weighted by atomic mass is 9.80. The van der Waals surface area contributed by atoms with Crippen LogP contribution in [0.15, 0.2) is 54.7 Å². The molecule has 1 saturated heterocycles. The molecule has 4 aromatic rings. The van der Waals surface area contributed by atoms with E-state index in [0.29, 0.717) is 30.4 Å². The number of fused-ring (bicyclic) bond motifs is 3. The number of hydrogen-bond donors (Lipinski definition) is 0. The molecule has 182 valence electrons. The molecule has 6 rings (SSSR count). The Labute approximate surface area is 207 Å². The SMILES string of the molecule is FC1(F)CC(c2nc3cnc4ccc(Cl)cc4c3n2[C@H]2CCO[C@@H](COCc3ccccc3)C2)C1. The third-order valence-corrected chi connectivity index (χ3v) is 7.32. The first-order valence-corrected chi connectivity index (χ1v) is 12.4. The molecule has 5 nitrogen and oxygen atoms in total. The van der Waals surface area contributed by atoms with E-state index in [1.165, 1.54) is 0 Å². The van der Waals surface area contributed by atoms with Crippen LogP contribution >= 0.6 is 11.6 Å². The average Bonchev–Trinajstić information content (AvgIpc) is 3.23. The minimum Gasteiger partial charge on any atom is -0.376 e. The second-order valence-corrected chi connectivity index (χ2v) is 10.1. The molecular formula is C27H26ClF2N3O2. The Morgan fingerprint density at radius 2 is 1.94 bits per heavy atom. The maximum absolute atomic E-state index is 13.8. The maximum atomic E-state index is 13.8. The normalized spacial score (nSPS) is 22.5. The van der Waals surface area contributed by atoms with E-state index in [2.05, 4.69) is 9.55 Å². The summed E-state index contributed by atoms with van der Waals surface area (Å²) in [6.07, 6.45) is 2.82. The molecule has 2 aromatic carbocycles. The highest BCUT2D eigenvalue weighted by Crippen LogP contribution is 2.50. The van der Waals surface area contributed by atoms with Gasteiger partial charge in [-0.15, -0.1) is 0 Å². The summed E-state index contributed by atoms with van der Waals surface area (Å²) < 4.78 is 41.9. The summed E-state index contributed by atoms with van der Waals surface area (Å²) in [7, 11) is 0. The predicted octanol–water partition coefficient (Wildman–Crippen LogP) is 6.69. The Hall–Kier alpha value is -2.61. The molecule has 2 aromatic heterocycles. The molecule has 35 heavy (non-hydrogen) atoms. The van der Waals surface area contributed by atoms with Crippen LogP contribution in [0.5, 0.6) is 0 Å². The molecule has 0 N–H and O–H groups in total. The van der Waals surface area contributed by atoms with Crippen molar-refractivity contribution in [1.82, 2.24) is 14.5 Å². The van der Waals surface area contributed by atoms with E-state index in [-0.39, 0.29) is 30.9 Å². The van der Waals surface area contributed by atoms with Crippen molar-refractivity contribution in [2.24, 2.45) is 0 Å². The highest BCUT2D eigenvalue weighted by Gasteiger charge is 2.48. The van der Waals surface area contributed by atoms with Crippen molar-refractivity contribution >= 4 is 33.5 Å². The van der Waals surface area contributed by atoms with Crippen LogP contribution < -0.4 is 0 Å². The van der Waals surface area contributed by atoms with E-state index < -0.39 is 5.92 Å². The van der Waals surface area contributed by atoms with E-state index in [9.17, 15) is 8.78 Å². The van der Waals surface area contributed by atoms with E-state index in [1.807, 2.05) is 48.5 Å². The molecule has 0 spiro atoms. The first-order valence-electron chi connectivity index (χ1n) is 12.0. The van der Waals surface area contributed by atoms with Gasteiger partial charge in [0.05, 0.1) is 36.5 Å². The molecule has 2 aliphatic rings. The molecule has 8 heteroatoms. The Morgan fingerprint density at radius 3 is 2.74 bits per heavy atom. The fraction of sp³-hybridized carbons (Fsp3) is 0.407. The van der Waals surface area contributed by atoms with Crippen molar-refractivity contribution in [2.75, 3.05) is 13.2 Å². The van der Waals surface area contributed by atoms with Crippen molar-refractivity contribution < 1.29 is 18.3 Å². The highest BCUT2D eigenvalue weighted by molar-refractivity contribution is 6.31. The molecular weight excluding hydrogens is 472 g/mol. The van der Waals surface area contributed by atoms with Crippen LogP contribution in [0.25, 0.3) is 21.9 Å². The summed E-state index contributed by atoms with van der Waals surface area (Å²) in [6, 6.07) is 15.7. The number of rotatable bonds is 6. The number of alkyl halides is 2. The number of imidazole rings is 1. The number of aromatic nitrogens is 3. The van der Waals surface area contributed by atoms with Crippen molar-refractivity contribution in [3.05, 3.63) is 71.1 Å². The number of pyridine rings is 1. The van der Waals surface area contributed by atoms with Gasteiger partial charge < -0.3 is 14.0 Å². The highest BCUT2D eigenvalue weighted by atomic mass is 35.5. The van der Waals surface area contributed by atoms with Crippen LogP contribution in [0.1, 0.15) is 49.0 Å². The lowest BCUT2D eigenvalue weighted by molar-refractivity contribution is -0.0905. The van der Waals surface area contributed by atoms with Crippen molar-refractivity contribution in [3.8, 4) is 0 Å². The van der Waals surface area contributed by atoms with E-state index >= 15 is 0 Å². The summed E-state index contributed by atoms with van der Waals surface area (Å²) in [5.41, 5.74) is 3.56. The Balaban J connectivity index is 1.32. The van der Waals surface area contributed by atoms with Gasteiger partial charge in [0.15, 0.2) is 0 Å². The second-order valence-electron chi connectivity index (χ2n) is 9.63. The van der Waals surface area contributed by atoms with E-state index in [4.69, 9.17) is 26.1 Å². The second kappa shape index (κ2) is 9.12. The lowest BCUT2D eigenvalue weighted by Crippen LogP contribution is -2.37. The van der Waals surface area contributed by atoms with Crippen LogP contribution in [-0.2, 0) is 16.1 Å². The molecule has 0 bridgehead atoms. The monoisotopic (exact) mass is 497 g/mol. The standard InChI is InChI=1S/C27H26ClF2N3O2/c28-19-6-7-23-22(10-19)25-24(14-31-23)32-26(18-12-27(29,30)13-18)33(25)20-8-9-35-21(11-20)16-34-15-17-4-2-1-3-5-17/h1-7,10,14,18,20-21H,8-9,11-13,15-16H2/t20-,21+/m0/s1. The lowest BCUT2D eigenvalue weighted by Gasteiger charge is -2.37. The third-order valence-electron chi connectivity index (χ3n) is 7.08. The van der Waals surface area contributed by atoms with Gasteiger partial charge in [-0.25, -0.2) is 13.8 Å². The number of hydrogen-bond acceptors (Lipinski definition) is 4. The average molecular weight is 498 g/mol. The van der Waals surface area contributed by atoms with Gasteiger partial charge in [-0.1, -0.05) is 41.9 Å². The van der Waals surface area contributed by atoms with Gasteiger partial charge in [-0.2, -0.15) is 0 Å². The number of halogens is 3. The Bertz CT molecular complexity index is 1350. The molecule has 1 saturated carbocycles. The van der Waals surface area contributed by atoms with Crippen LogP contribution in [0, 0.1) is 0 Å². The molecule has 1 aliphatic carbocycles. The predicted molar refractivity (Wildman–Crippen MR) is 131 cm³/mol. The fourth-order valence-corrected chi connectivity index (χ4v) is 5.53. The molecule has 3 heterocycles. The molecule has 0 unspecified atom stereocenters. The number of nitrogens with zero attached hydrogens (tertiary/aromatic N) is 3. The van der Waals surface area contributed by atoms with Gasteiger partial charge in [0.2, 0.25) is 5.92 Å². The molecule has 2 atom stereocenters. The fourth-order valence-electron chi connectivity index (χ4n) is 5.36. The van der Waals surface area contributed by atoms with Gasteiger partial charge in [-0.05, 0) is 36.6 Å². The Morgan fingerprint density at radius 1 is 1.11 bits per heavy atom. The van der Waals surface area contributed by atoms with Crippen molar-refractivity contribution in [2.45, 2.75) is 56.3 Å². The summed E-state index contributed by atoms with van der Waals surface area (Å²) >= 11 is 6.34. The zero-order valence-electron chi connectivity index (χ0n) is 19.2. The number of ether oxygens (including phenoxy) is 2. The minimum atomic E-state index is -2.62. The first-order chi connectivity index (χ1) is 17.0. The van der Waals surface area contributed by atoms with Crippen LogP contribution in [0.2, 0.25) is 5.02 Å². The molecule has 0 radical (unpaired) electrons. The van der Waals surface area contributed by atoms with Gasteiger partial charge in [-0.3, -0.25) is 4.98 Å². The van der Waals surface area contributed by atoms with E-state index in [1.54, 1.807) is 6.20 Å². The first kappa shape index (κ1) is 22.8. The summed E-state index contributed by atoms with van der Waals surface area (Å²) in [5, 5.41) is 1.50. The summed E-state index contributed by atoms with van der Waals surface area (Å²) in [5.74, 6) is -2.18. The summed E-state index contributed by atoms with van der Waals surface area (Å²) in [4.78, 5) is 9.37. The van der Waals surface area contributed by atoms with Gasteiger partial charge >= 0.3 is 0 Å². The Kier molecular flexibility index (Phi) is 5.95. The van der Waals surface area contributed by atoms with Gasteiger partial charge in [0, 0.05) is 41.8 Å². The maximum Gasteiger partial charge on any atom is 0.249 e. The minimum absolute atomic E-state index is 0.0629. The van der Waals surface area contributed by atoms with Crippen LogP contribution in [0.4, 0.5) is 8.78 Å². The van der Waals surface area contributed by atoms with Crippen molar-refractivity contribution in [1.29, 1.82) is 0 Å². The van der Waals surface area contributed by atoms with Crippen molar-refractivity contribution in [3.63, 3.8) is 0 Å². The van der Waals surface area contributed by atoms with Gasteiger partial charge in [0.25, 0.3) is 0 Å². The molecule has 0 amide bonds. The van der Waals surface area contributed by atoms with Crippen LogP contribution in [-0.4, -0.2) is 39.8 Å². The molecule has 2 fully saturated rings. The number of benzene rings is 2. The largest absolute Gasteiger partial charge is 0.376 e. The molecule has 1 aliphatic heterocycles.